The van der Waals surface area contributed by atoms with Crippen LogP contribution in [0.5, 0.6) is 0 Å². The highest BCUT2D eigenvalue weighted by Crippen LogP contribution is 1.86. The Morgan fingerprint density at radius 1 is 1.67 bits per heavy atom. The minimum absolute atomic E-state index is 0.156. The Bertz CT molecular complexity index is 97.2. The number of unbranched alkanes of at least 4 members (excludes halogenated alkanes) is 1. The quantitative estimate of drug-likeness (QED) is 0.316. The molecule has 0 spiro atoms. The van der Waals surface area contributed by atoms with Gasteiger partial charge in [0.2, 0.25) is 6.08 Å². The Balaban J connectivity index is 2.82. The fourth-order valence-electron chi connectivity index (χ4n) is 0.383. The fourth-order valence-corrected chi connectivity index (χ4v) is 0.383. The highest BCUT2D eigenvalue weighted by Gasteiger charge is 1.81. The number of isocyanates is 1. The van der Waals surface area contributed by atoms with E-state index in [-0.39, 0.29) is 6.73 Å². The normalized spacial score (nSPS) is 8.56. The van der Waals surface area contributed by atoms with E-state index >= 15 is 0 Å². The van der Waals surface area contributed by atoms with Crippen molar-refractivity contribution in [3.05, 3.63) is 0 Å². The summed E-state index contributed by atoms with van der Waals surface area (Å²) >= 11 is 0. The van der Waals surface area contributed by atoms with E-state index in [2.05, 4.69) is 11.9 Å². The lowest BCUT2D eigenvalue weighted by Crippen LogP contribution is -1.92. The SMILES string of the molecule is CCCCOCN=C=O. The maximum atomic E-state index is 9.47. The van der Waals surface area contributed by atoms with Crippen LogP contribution < -0.4 is 0 Å². The molecule has 0 radical (unpaired) electrons. The first-order valence-corrected chi connectivity index (χ1v) is 3.03. The number of hydrogen-bond acceptors (Lipinski definition) is 3. The van der Waals surface area contributed by atoms with E-state index in [4.69, 9.17) is 4.74 Å². The molecule has 52 valence electrons. The van der Waals surface area contributed by atoms with Gasteiger partial charge in [-0.3, -0.25) is 0 Å². The van der Waals surface area contributed by atoms with Gasteiger partial charge in [0.1, 0.15) is 6.73 Å². The molecule has 0 aliphatic rings. The van der Waals surface area contributed by atoms with Gasteiger partial charge in [-0.15, -0.1) is 0 Å². The lowest BCUT2D eigenvalue weighted by molar-refractivity contribution is 0.139. The van der Waals surface area contributed by atoms with Gasteiger partial charge in [-0.25, -0.2) is 4.79 Å². The summed E-state index contributed by atoms with van der Waals surface area (Å²) in [5.41, 5.74) is 0. The van der Waals surface area contributed by atoms with E-state index in [1.807, 2.05) is 0 Å². The minimum atomic E-state index is 0.156. The van der Waals surface area contributed by atoms with E-state index in [1.54, 1.807) is 0 Å². The molecular formula is C6H11NO2. The van der Waals surface area contributed by atoms with Crippen molar-refractivity contribution in [2.24, 2.45) is 4.99 Å². The highest BCUT2D eigenvalue weighted by atomic mass is 16.5. The second-order valence-electron chi connectivity index (χ2n) is 1.64. The molecule has 0 atom stereocenters. The molecule has 0 saturated heterocycles. The molecule has 0 amide bonds. The number of nitrogens with zero attached hydrogens (tertiary/aromatic N) is 1. The molecular weight excluding hydrogens is 118 g/mol. The monoisotopic (exact) mass is 129 g/mol. The first-order chi connectivity index (χ1) is 4.41. The van der Waals surface area contributed by atoms with Gasteiger partial charge in [0.05, 0.1) is 0 Å². The van der Waals surface area contributed by atoms with Gasteiger partial charge in [-0.1, -0.05) is 13.3 Å². The third kappa shape index (κ3) is 7.34. The predicted molar refractivity (Wildman–Crippen MR) is 33.8 cm³/mol. The summed E-state index contributed by atoms with van der Waals surface area (Å²) < 4.78 is 4.89. The standard InChI is InChI=1S/C6H11NO2/c1-2-3-4-9-6-7-5-8/h2-4,6H2,1H3. The maximum absolute atomic E-state index is 9.47. The zero-order valence-electron chi connectivity index (χ0n) is 5.59. The fraction of sp³-hybridized carbons (Fsp3) is 0.833. The molecule has 0 unspecified atom stereocenters. The highest BCUT2D eigenvalue weighted by molar-refractivity contribution is 5.32. The summed E-state index contributed by atoms with van der Waals surface area (Å²) in [6, 6.07) is 0. The van der Waals surface area contributed by atoms with Gasteiger partial charge in [-0.05, 0) is 6.42 Å². The largest absolute Gasteiger partial charge is 0.358 e. The van der Waals surface area contributed by atoms with Crippen LogP contribution in [0, 0.1) is 0 Å². The van der Waals surface area contributed by atoms with Crippen molar-refractivity contribution in [2.75, 3.05) is 13.3 Å². The van der Waals surface area contributed by atoms with E-state index in [9.17, 15) is 4.79 Å². The van der Waals surface area contributed by atoms with Gasteiger partial charge < -0.3 is 4.74 Å². The molecule has 0 aliphatic carbocycles. The summed E-state index contributed by atoms with van der Waals surface area (Å²) in [6.45, 7) is 2.91. The Morgan fingerprint density at radius 2 is 2.44 bits per heavy atom. The Labute approximate surface area is 54.7 Å². The number of carbonyl (C=O) groups excluding carboxylic acids is 1. The molecule has 0 rings (SSSR count). The Morgan fingerprint density at radius 3 is 3.00 bits per heavy atom. The van der Waals surface area contributed by atoms with Gasteiger partial charge in [0.25, 0.3) is 0 Å². The summed E-state index contributed by atoms with van der Waals surface area (Å²) in [5, 5.41) is 0. The third-order valence-electron chi connectivity index (χ3n) is 0.863. The van der Waals surface area contributed by atoms with Gasteiger partial charge >= 0.3 is 0 Å². The first kappa shape index (κ1) is 8.34. The lowest BCUT2D eigenvalue weighted by atomic mass is 10.4. The topological polar surface area (TPSA) is 38.7 Å². The van der Waals surface area contributed by atoms with Gasteiger partial charge in [0.15, 0.2) is 0 Å². The average molecular weight is 129 g/mol. The van der Waals surface area contributed by atoms with Crippen LogP contribution in [0.3, 0.4) is 0 Å². The number of hydrogen-bond donors (Lipinski definition) is 0. The molecule has 3 heteroatoms. The van der Waals surface area contributed by atoms with Crippen LogP contribution in [0.25, 0.3) is 0 Å². The molecule has 0 aromatic rings. The maximum Gasteiger partial charge on any atom is 0.237 e. The molecule has 0 heterocycles. The van der Waals surface area contributed by atoms with Crippen LogP contribution in [-0.4, -0.2) is 19.4 Å². The second kappa shape index (κ2) is 7.34. The zero-order chi connectivity index (χ0) is 6.95. The van der Waals surface area contributed by atoms with Crippen molar-refractivity contribution in [3.63, 3.8) is 0 Å². The summed E-state index contributed by atoms with van der Waals surface area (Å²) in [6.07, 6.45) is 3.52. The van der Waals surface area contributed by atoms with E-state index in [0.717, 1.165) is 12.8 Å². The average Bonchev–Trinajstić information content (AvgIpc) is 1.89. The Hall–Kier alpha value is -0.660. The van der Waals surface area contributed by atoms with E-state index < -0.39 is 0 Å². The Kier molecular flexibility index (Phi) is 6.80. The van der Waals surface area contributed by atoms with Crippen LogP contribution in [0.1, 0.15) is 19.8 Å². The van der Waals surface area contributed by atoms with Crippen molar-refractivity contribution >= 4 is 6.08 Å². The molecule has 0 aliphatic heterocycles. The molecule has 0 aromatic heterocycles. The number of rotatable bonds is 5. The van der Waals surface area contributed by atoms with Crippen molar-refractivity contribution in [1.82, 2.24) is 0 Å². The van der Waals surface area contributed by atoms with E-state index in [1.165, 1.54) is 6.08 Å². The molecule has 9 heavy (non-hydrogen) atoms. The lowest BCUT2D eigenvalue weighted by Gasteiger charge is -1.94. The predicted octanol–water partition coefficient (Wildman–Crippen LogP) is 1.10. The molecule has 0 saturated carbocycles. The van der Waals surface area contributed by atoms with Crippen LogP contribution in [-0.2, 0) is 9.53 Å². The third-order valence-corrected chi connectivity index (χ3v) is 0.863. The van der Waals surface area contributed by atoms with Crippen molar-refractivity contribution in [3.8, 4) is 0 Å². The summed E-state index contributed by atoms with van der Waals surface area (Å²) in [4.78, 5) is 12.7. The van der Waals surface area contributed by atoms with Crippen LogP contribution in [0.15, 0.2) is 4.99 Å². The molecule has 3 nitrogen and oxygen atoms in total. The van der Waals surface area contributed by atoms with Gasteiger partial charge in [-0.2, -0.15) is 4.99 Å². The molecule has 0 N–H and O–H groups in total. The molecule has 0 bridgehead atoms. The second-order valence-corrected chi connectivity index (χ2v) is 1.64. The van der Waals surface area contributed by atoms with Crippen molar-refractivity contribution in [2.45, 2.75) is 19.8 Å². The van der Waals surface area contributed by atoms with Gasteiger partial charge in [0, 0.05) is 6.61 Å². The van der Waals surface area contributed by atoms with Crippen LogP contribution in [0.2, 0.25) is 0 Å². The summed E-state index contributed by atoms with van der Waals surface area (Å²) in [5.74, 6) is 0. The zero-order valence-corrected chi connectivity index (χ0v) is 5.59. The molecule has 0 fully saturated rings. The minimum Gasteiger partial charge on any atom is -0.358 e. The smallest absolute Gasteiger partial charge is 0.237 e. The number of aliphatic imine (C=N–C) groups is 1. The molecule has 0 aromatic carbocycles. The van der Waals surface area contributed by atoms with Crippen molar-refractivity contribution < 1.29 is 9.53 Å². The van der Waals surface area contributed by atoms with Crippen LogP contribution in [0.4, 0.5) is 0 Å². The van der Waals surface area contributed by atoms with Crippen molar-refractivity contribution in [1.29, 1.82) is 0 Å². The van der Waals surface area contributed by atoms with E-state index in [0.29, 0.717) is 6.61 Å². The first-order valence-electron chi connectivity index (χ1n) is 3.03. The van der Waals surface area contributed by atoms with Crippen LogP contribution >= 0.6 is 0 Å². The number of ether oxygens (including phenoxy) is 1. The summed E-state index contributed by atoms with van der Waals surface area (Å²) in [7, 11) is 0.